The number of carboxylic acids is 2. The van der Waals surface area contributed by atoms with Crippen LogP contribution in [0.2, 0.25) is 0 Å². The van der Waals surface area contributed by atoms with Gasteiger partial charge in [0.25, 0.3) is 0 Å². The predicted octanol–water partition coefficient (Wildman–Crippen LogP) is -0.867. The van der Waals surface area contributed by atoms with E-state index in [2.05, 4.69) is 26.4 Å². The molecule has 2 amide bonds. The molecular weight excluding hydrogens is 404 g/mol. The van der Waals surface area contributed by atoms with Crippen LogP contribution in [0.25, 0.3) is 0 Å². The molecule has 5 N–H and O–H groups in total. The summed E-state index contributed by atoms with van der Waals surface area (Å²) < 4.78 is 1.72. The van der Waals surface area contributed by atoms with Gasteiger partial charge in [-0.15, -0.1) is 5.10 Å². The van der Waals surface area contributed by atoms with Crippen molar-refractivity contribution in [3.63, 3.8) is 0 Å². The SMILES string of the molecule is CNOCc1cn(CCCCCNC(=O)N[C@@H](CCC(=O)O)C(=O)O)nn1.O=C=O. The number of hydrogen-bond acceptors (Lipinski definition) is 9. The van der Waals surface area contributed by atoms with Crippen LogP contribution in [0.1, 0.15) is 37.8 Å². The minimum atomic E-state index is -1.27. The van der Waals surface area contributed by atoms with E-state index in [1.807, 2.05) is 0 Å². The predicted molar refractivity (Wildman–Crippen MR) is 97.6 cm³/mol. The zero-order chi connectivity index (χ0) is 22.8. The molecule has 0 saturated heterocycles. The Balaban J connectivity index is 0.00000263. The van der Waals surface area contributed by atoms with Crippen LogP contribution in [0, 0.1) is 0 Å². The van der Waals surface area contributed by atoms with Crippen molar-refractivity contribution in [3.05, 3.63) is 11.9 Å². The lowest BCUT2D eigenvalue weighted by atomic mass is 10.1. The number of nitrogens with one attached hydrogen (secondary N) is 3. The molecule has 1 aromatic rings. The van der Waals surface area contributed by atoms with Gasteiger partial charge in [-0.3, -0.25) is 14.3 Å². The van der Waals surface area contributed by atoms with Crippen molar-refractivity contribution >= 4 is 24.1 Å². The van der Waals surface area contributed by atoms with Crippen LogP contribution in [0.3, 0.4) is 0 Å². The van der Waals surface area contributed by atoms with Crippen molar-refractivity contribution in [1.82, 2.24) is 31.1 Å². The van der Waals surface area contributed by atoms with Gasteiger partial charge >= 0.3 is 24.1 Å². The maximum absolute atomic E-state index is 11.7. The monoisotopic (exact) mass is 430 g/mol. The number of hydrogen-bond donors (Lipinski definition) is 5. The van der Waals surface area contributed by atoms with Gasteiger partial charge in [-0.25, -0.2) is 15.1 Å². The maximum Gasteiger partial charge on any atom is 0.373 e. The molecule has 168 valence electrons. The average Bonchev–Trinajstić information content (AvgIpc) is 3.14. The van der Waals surface area contributed by atoms with Gasteiger partial charge in [0, 0.05) is 26.6 Å². The molecule has 0 spiro atoms. The van der Waals surface area contributed by atoms with Crippen LogP contribution in [-0.4, -0.2) is 69.0 Å². The molecule has 1 rings (SSSR count). The third-order valence-corrected chi connectivity index (χ3v) is 3.55. The molecule has 1 heterocycles. The smallest absolute Gasteiger partial charge is 0.373 e. The first-order chi connectivity index (χ1) is 14.3. The van der Waals surface area contributed by atoms with Crippen molar-refractivity contribution in [2.75, 3.05) is 13.6 Å². The first kappa shape index (κ1) is 26.6. The first-order valence-corrected chi connectivity index (χ1v) is 8.99. The summed E-state index contributed by atoms with van der Waals surface area (Å²) in [5, 5.41) is 30.3. The molecule has 0 radical (unpaired) electrons. The number of urea groups is 1. The van der Waals surface area contributed by atoms with Crippen molar-refractivity contribution in [1.29, 1.82) is 0 Å². The Labute approximate surface area is 171 Å². The Morgan fingerprint density at radius 3 is 2.53 bits per heavy atom. The molecular formula is C16H26N6O8. The summed E-state index contributed by atoms with van der Waals surface area (Å²) in [7, 11) is 1.66. The van der Waals surface area contributed by atoms with Crippen LogP contribution in [0.15, 0.2) is 6.20 Å². The number of hydroxylamine groups is 1. The summed E-state index contributed by atoms with van der Waals surface area (Å²) in [4.78, 5) is 54.4. The van der Waals surface area contributed by atoms with Gasteiger partial charge in [0.05, 0.1) is 6.20 Å². The number of aryl methyl sites for hydroxylation is 1. The normalized spacial score (nSPS) is 10.8. The highest BCUT2D eigenvalue weighted by molar-refractivity contribution is 5.82. The van der Waals surface area contributed by atoms with Crippen LogP contribution >= 0.6 is 0 Å². The summed E-state index contributed by atoms with van der Waals surface area (Å²) in [6, 6.07) is -1.85. The second kappa shape index (κ2) is 16.6. The van der Waals surface area contributed by atoms with Crippen molar-refractivity contribution < 1.29 is 39.0 Å². The van der Waals surface area contributed by atoms with E-state index in [0.717, 1.165) is 18.5 Å². The topological polar surface area (TPSA) is 202 Å². The highest BCUT2D eigenvalue weighted by atomic mass is 16.6. The van der Waals surface area contributed by atoms with E-state index in [-0.39, 0.29) is 19.0 Å². The number of carbonyl (C=O) groups excluding carboxylic acids is 3. The number of nitrogens with zero attached hydrogens (tertiary/aromatic N) is 3. The Hall–Kier alpha value is -3.35. The van der Waals surface area contributed by atoms with Crippen molar-refractivity contribution in [3.8, 4) is 0 Å². The lowest BCUT2D eigenvalue weighted by molar-refractivity contribution is -0.191. The van der Waals surface area contributed by atoms with E-state index in [4.69, 9.17) is 24.6 Å². The van der Waals surface area contributed by atoms with Crippen LogP contribution in [-0.2, 0) is 37.2 Å². The number of amides is 2. The van der Waals surface area contributed by atoms with Gasteiger partial charge in [-0.05, 0) is 25.7 Å². The van der Waals surface area contributed by atoms with Crippen LogP contribution in [0.5, 0.6) is 0 Å². The molecule has 0 aromatic carbocycles. The number of aromatic nitrogens is 3. The van der Waals surface area contributed by atoms with Gasteiger partial charge in [0.1, 0.15) is 18.3 Å². The highest BCUT2D eigenvalue weighted by Gasteiger charge is 2.20. The Morgan fingerprint density at radius 1 is 1.23 bits per heavy atom. The van der Waals surface area contributed by atoms with Crippen molar-refractivity contribution in [2.24, 2.45) is 0 Å². The number of rotatable bonds is 14. The summed E-state index contributed by atoms with van der Waals surface area (Å²) in [5.41, 5.74) is 3.28. The van der Waals surface area contributed by atoms with E-state index in [1.165, 1.54) is 0 Å². The summed E-state index contributed by atoms with van der Waals surface area (Å²) in [6.07, 6.45) is 3.94. The first-order valence-electron chi connectivity index (χ1n) is 8.99. The number of unbranched alkanes of at least 4 members (excludes halogenated alkanes) is 2. The number of aliphatic carboxylic acids is 2. The third kappa shape index (κ3) is 13.8. The highest BCUT2D eigenvalue weighted by Crippen LogP contribution is 2.01. The van der Waals surface area contributed by atoms with Crippen LogP contribution in [0.4, 0.5) is 4.79 Å². The quantitative estimate of drug-likeness (QED) is 0.181. The van der Waals surface area contributed by atoms with Gasteiger partial charge < -0.3 is 20.8 Å². The molecule has 0 aliphatic rings. The Kier molecular flexibility index (Phi) is 14.7. The molecule has 0 saturated carbocycles. The van der Waals surface area contributed by atoms with E-state index in [0.29, 0.717) is 26.1 Å². The Morgan fingerprint density at radius 2 is 1.93 bits per heavy atom. The summed E-state index contributed by atoms with van der Waals surface area (Å²) in [6.45, 7) is 1.41. The zero-order valence-corrected chi connectivity index (χ0v) is 16.5. The van der Waals surface area contributed by atoms with Crippen LogP contribution < -0.4 is 16.1 Å². The van der Waals surface area contributed by atoms with E-state index in [1.54, 1.807) is 17.9 Å². The molecule has 30 heavy (non-hydrogen) atoms. The minimum Gasteiger partial charge on any atom is -0.481 e. The molecule has 1 atom stereocenters. The van der Waals surface area contributed by atoms with Gasteiger partial charge in [0.15, 0.2) is 0 Å². The fraction of sp³-hybridized carbons (Fsp3) is 0.625. The largest absolute Gasteiger partial charge is 0.481 e. The molecule has 14 heteroatoms. The second-order valence-corrected chi connectivity index (χ2v) is 5.83. The van der Waals surface area contributed by atoms with Gasteiger partial charge in [-0.2, -0.15) is 9.59 Å². The molecule has 14 nitrogen and oxygen atoms in total. The second-order valence-electron chi connectivity index (χ2n) is 5.83. The molecule has 1 aromatic heterocycles. The number of carboxylic acid groups (broad SMARTS) is 2. The third-order valence-electron chi connectivity index (χ3n) is 3.55. The fourth-order valence-electron chi connectivity index (χ4n) is 2.17. The molecule has 0 fully saturated rings. The van der Waals surface area contributed by atoms with Gasteiger partial charge in [0.2, 0.25) is 0 Å². The molecule has 0 unspecified atom stereocenters. The Bertz CT molecular complexity index is 689. The van der Waals surface area contributed by atoms with Gasteiger partial charge in [-0.1, -0.05) is 5.21 Å². The zero-order valence-electron chi connectivity index (χ0n) is 16.5. The van der Waals surface area contributed by atoms with Crippen molar-refractivity contribution in [2.45, 2.75) is 51.3 Å². The van der Waals surface area contributed by atoms with E-state index < -0.39 is 24.0 Å². The average molecular weight is 430 g/mol. The maximum atomic E-state index is 11.7. The lowest BCUT2D eigenvalue weighted by Crippen LogP contribution is -2.46. The summed E-state index contributed by atoms with van der Waals surface area (Å²) in [5.74, 6) is -2.38. The minimum absolute atomic E-state index is 0.169. The summed E-state index contributed by atoms with van der Waals surface area (Å²) >= 11 is 0. The molecule has 0 aliphatic heterocycles. The molecule has 0 aliphatic carbocycles. The fourth-order valence-corrected chi connectivity index (χ4v) is 2.17. The standard InChI is InChI=1S/C15H26N6O6.CO2/c1-16-27-10-11-9-21(20-19-11)8-4-2-3-7-17-15(26)18-12(14(24)25)5-6-13(22)23;2-1-3/h9,12,16H,2-8,10H2,1H3,(H,22,23)(H,24,25)(H2,17,18,26);/t12-;/m0./s1. The van der Waals surface area contributed by atoms with E-state index in [9.17, 15) is 14.4 Å². The molecule has 0 bridgehead atoms. The number of carbonyl (C=O) groups is 3. The van der Waals surface area contributed by atoms with E-state index >= 15 is 0 Å². The lowest BCUT2D eigenvalue weighted by Gasteiger charge is -2.14.